The van der Waals surface area contributed by atoms with Crippen LogP contribution in [0.3, 0.4) is 0 Å². The lowest BCUT2D eigenvalue weighted by molar-refractivity contribution is 0.0724. The minimum absolute atomic E-state index is 0.0153. The van der Waals surface area contributed by atoms with E-state index in [1.807, 2.05) is 6.07 Å². The van der Waals surface area contributed by atoms with Crippen LogP contribution >= 0.6 is 11.6 Å². The number of carbonyl (C=O) groups excluding carboxylic acids is 1. The number of phenols is 1. The third kappa shape index (κ3) is 4.86. The fourth-order valence-electron chi connectivity index (χ4n) is 3.80. The van der Waals surface area contributed by atoms with Crippen LogP contribution in [0.4, 0.5) is 10.1 Å². The van der Waals surface area contributed by atoms with Gasteiger partial charge in [0.2, 0.25) is 0 Å². The number of phenolic OH excluding ortho intramolecular Hbond substituents is 1. The van der Waals surface area contributed by atoms with Crippen molar-refractivity contribution in [3.05, 3.63) is 77.1 Å². The van der Waals surface area contributed by atoms with E-state index in [0.29, 0.717) is 25.1 Å². The number of halogens is 2. The quantitative estimate of drug-likeness (QED) is 0.515. The summed E-state index contributed by atoms with van der Waals surface area (Å²) in [6.07, 6.45) is 0.541. The number of anilines is 1. The lowest BCUT2D eigenvalue weighted by Crippen LogP contribution is -2.30. The Morgan fingerprint density at radius 3 is 2.56 bits per heavy atom. The number of benzene rings is 3. The number of hydrogen-bond donors (Lipinski definition) is 2. The third-order valence-electron chi connectivity index (χ3n) is 5.65. The number of amides is 1. The molecule has 1 unspecified atom stereocenters. The number of carbonyl (C=O) groups is 1. The Kier molecular flexibility index (Phi) is 6.79. The average Bonchev–Trinajstić information content (AvgIpc) is 3.31. The van der Waals surface area contributed by atoms with Crippen molar-refractivity contribution in [1.82, 2.24) is 4.90 Å². The Balaban J connectivity index is 1.67. The number of nitrogens with one attached hydrogen (secondary N) is 1. The van der Waals surface area contributed by atoms with Crippen LogP contribution in [-0.4, -0.2) is 50.6 Å². The summed E-state index contributed by atoms with van der Waals surface area (Å²) >= 11 is 6.06. The van der Waals surface area contributed by atoms with Gasteiger partial charge in [-0.05, 0) is 41.8 Å². The second kappa shape index (κ2) is 9.61. The molecule has 0 saturated carbocycles. The van der Waals surface area contributed by atoms with Crippen LogP contribution in [0.5, 0.6) is 5.75 Å². The SMILES string of the molecule is COC1CCN(C(=O)c2cc(Cl)c(O)c(S(=O)(=O)Nc3cc(-c4ccccc4)ccc3F)c2)C1. The molecule has 4 rings (SSSR count). The van der Waals surface area contributed by atoms with E-state index in [2.05, 4.69) is 4.72 Å². The summed E-state index contributed by atoms with van der Waals surface area (Å²) in [4.78, 5) is 13.8. The molecule has 0 bridgehead atoms. The molecule has 7 nitrogen and oxygen atoms in total. The third-order valence-corrected chi connectivity index (χ3v) is 7.32. The van der Waals surface area contributed by atoms with Crippen molar-refractivity contribution in [2.24, 2.45) is 0 Å². The number of rotatable bonds is 6. The number of hydrogen-bond acceptors (Lipinski definition) is 5. The Morgan fingerprint density at radius 2 is 1.88 bits per heavy atom. The summed E-state index contributed by atoms with van der Waals surface area (Å²) < 4.78 is 48.2. The van der Waals surface area contributed by atoms with E-state index in [1.165, 1.54) is 23.1 Å². The highest BCUT2D eigenvalue weighted by molar-refractivity contribution is 7.92. The Bertz CT molecular complexity index is 1330. The molecule has 1 heterocycles. The summed E-state index contributed by atoms with van der Waals surface area (Å²) in [6.45, 7) is 0.791. The molecule has 1 aliphatic rings. The molecular formula is C24H22ClFN2O5S. The van der Waals surface area contributed by atoms with Gasteiger partial charge in [-0.1, -0.05) is 48.0 Å². The molecule has 2 N–H and O–H groups in total. The van der Waals surface area contributed by atoms with Crippen LogP contribution in [0, 0.1) is 5.82 Å². The topological polar surface area (TPSA) is 95.9 Å². The number of methoxy groups -OCH3 is 1. The van der Waals surface area contributed by atoms with Gasteiger partial charge in [-0.3, -0.25) is 9.52 Å². The summed E-state index contributed by atoms with van der Waals surface area (Å²) in [6, 6.07) is 15.3. The second-order valence-electron chi connectivity index (χ2n) is 7.87. The van der Waals surface area contributed by atoms with Gasteiger partial charge in [0.05, 0.1) is 16.8 Å². The predicted molar refractivity (Wildman–Crippen MR) is 127 cm³/mol. The monoisotopic (exact) mass is 504 g/mol. The van der Waals surface area contributed by atoms with Gasteiger partial charge in [0.25, 0.3) is 15.9 Å². The molecule has 10 heteroatoms. The van der Waals surface area contributed by atoms with Crippen molar-refractivity contribution in [1.29, 1.82) is 0 Å². The first-order chi connectivity index (χ1) is 16.2. The first-order valence-corrected chi connectivity index (χ1v) is 12.3. The van der Waals surface area contributed by atoms with Gasteiger partial charge in [-0.25, -0.2) is 12.8 Å². The van der Waals surface area contributed by atoms with Crippen molar-refractivity contribution in [3.63, 3.8) is 0 Å². The summed E-state index contributed by atoms with van der Waals surface area (Å²) in [5, 5.41) is 10.1. The number of ether oxygens (including phenoxy) is 1. The molecule has 1 atom stereocenters. The molecule has 34 heavy (non-hydrogen) atoms. The summed E-state index contributed by atoms with van der Waals surface area (Å²) in [7, 11) is -2.95. The zero-order valence-corrected chi connectivity index (χ0v) is 19.7. The molecule has 3 aromatic rings. The number of nitrogens with zero attached hydrogens (tertiary/aromatic N) is 1. The van der Waals surface area contributed by atoms with Crippen molar-refractivity contribution in [2.45, 2.75) is 17.4 Å². The van der Waals surface area contributed by atoms with Gasteiger partial charge in [-0.15, -0.1) is 0 Å². The van der Waals surface area contributed by atoms with E-state index in [-0.39, 0.29) is 22.4 Å². The summed E-state index contributed by atoms with van der Waals surface area (Å²) in [5.74, 6) is -1.99. The Hall–Kier alpha value is -3.14. The number of aromatic hydroxyl groups is 1. The molecule has 1 fully saturated rings. The molecule has 0 spiro atoms. The van der Waals surface area contributed by atoms with Crippen LogP contribution in [0.15, 0.2) is 65.6 Å². The molecule has 1 aliphatic heterocycles. The van der Waals surface area contributed by atoms with E-state index in [9.17, 15) is 22.7 Å². The number of sulfonamides is 1. The maximum absolute atomic E-state index is 14.5. The van der Waals surface area contributed by atoms with E-state index in [4.69, 9.17) is 16.3 Å². The zero-order valence-electron chi connectivity index (χ0n) is 18.2. The Morgan fingerprint density at radius 1 is 1.15 bits per heavy atom. The Labute approximate surface area is 201 Å². The van der Waals surface area contributed by atoms with Crippen molar-refractivity contribution in [2.75, 3.05) is 24.9 Å². The average molecular weight is 505 g/mol. The van der Waals surface area contributed by atoms with Crippen molar-refractivity contribution < 1.29 is 27.4 Å². The maximum Gasteiger partial charge on any atom is 0.265 e. The standard InChI is InChI=1S/C24H22ClFN2O5S/c1-33-18-9-10-28(14-18)24(30)17-11-19(25)23(29)22(13-17)34(31,32)27-21-12-16(7-8-20(21)26)15-5-3-2-4-6-15/h2-8,11-13,18,27,29H,9-10,14H2,1H3. The molecule has 0 radical (unpaired) electrons. The predicted octanol–water partition coefficient (Wildman–Crippen LogP) is 4.51. The normalized spacial score (nSPS) is 16.0. The smallest absolute Gasteiger partial charge is 0.265 e. The van der Waals surface area contributed by atoms with E-state index >= 15 is 0 Å². The zero-order chi connectivity index (χ0) is 24.5. The van der Waals surface area contributed by atoms with Gasteiger partial charge in [0.1, 0.15) is 10.7 Å². The maximum atomic E-state index is 14.5. The molecule has 178 valence electrons. The van der Waals surface area contributed by atoms with Gasteiger partial charge in [-0.2, -0.15) is 0 Å². The van der Waals surface area contributed by atoms with Crippen molar-refractivity contribution in [3.8, 4) is 16.9 Å². The van der Waals surface area contributed by atoms with Gasteiger partial charge in [0, 0.05) is 25.8 Å². The number of likely N-dealkylation sites (tertiary alicyclic amines) is 1. The highest BCUT2D eigenvalue weighted by Gasteiger charge is 2.30. The largest absolute Gasteiger partial charge is 0.505 e. The molecule has 0 aromatic heterocycles. The van der Waals surface area contributed by atoms with Crippen LogP contribution in [0.2, 0.25) is 5.02 Å². The van der Waals surface area contributed by atoms with Gasteiger partial charge < -0.3 is 14.7 Å². The van der Waals surface area contributed by atoms with Crippen molar-refractivity contribution >= 4 is 33.2 Å². The molecule has 1 amide bonds. The van der Waals surface area contributed by atoms with Gasteiger partial charge in [0.15, 0.2) is 5.75 Å². The minimum atomic E-state index is -4.50. The molecule has 3 aromatic carbocycles. The molecular weight excluding hydrogens is 483 g/mol. The van der Waals surface area contributed by atoms with Crippen LogP contribution < -0.4 is 4.72 Å². The second-order valence-corrected chi connectivity index (χ2v) is 9.93. The fourth-order valence-corrected chi connectivity index (χ4v) is 5.28. The van der Waals surface area contributed by atoms with Crippen LogP contribution in [0.1, 0.15) is 16.8 Å². The van der Waals surface area contributed by atoms with E-state index in [0.717, 1.165) is 17.7 Å². The van der Waals surface area contributed by atoms with E-state index < -0.39 is 32.4 Å². The highest BCUT2D eigenvalue weighted by atomic mass is 35.5. The lowest BCUT2D eigenvalue weighted by atomic mass is 10.1. The lowest BCUT2D eigenvalue weighted by Gasteiger charge is -2.18. The first-order valence-electron chi connectivity index (χ1n) is 10.4. The van der Waals surface area contributed by atoms with Gasteiger partial charge >= 0.3 is 0 Å². The van der Waals surface area contributed by atoms with Crippen LogP contribution in [-0.2, 0) is 14.8 Å². The first kappa shape index (κ1) is 24.0. The summed E-state index contributed by atoms with van der Waals surface area (Å²) in [5.41, 5.74) is 1.03. The fraction of sp³-hybridized carbons (Fsp3) is 0.208. The van der Waals surface area contributed by atoms with Crippen LogP contribution in [0.25, 0.3) is 11.1 Å². The highest BCUT2D eigenvalue weighted by Crippen LogP contribution is 2.35. The van der Waals surface area contributed by atoms with E-state index in [1.54, 1.807) is 31.4 Å². The molecule has 1 saturated heterocycles. The molecule has 0 aliphatic carbocycles. The minimum Gasteiger partial charge on any atom is -0.505 e.